The van der Waals surface area contributed by atoms with E-state index in [9.17, 15) is 0 Å². The van der Waals surface area contributed by atoms with Crippen LogP contribution in [-0.4, -0.2) is 18.0 Å². The highest BCUT2D eigenvalue weighted by atomic mass is 15.2. The molecule has 1 aromatic rings. The second kappa shape index (κ2) is 8.02. The maximum Gasteiger partial charge on any atom is 0.0970 e. The SMILES string of the molecule is CCCCC#CC(c1ccccc1)N1CCCCC1. The molecule has 19 heavy (non-hydrogen) atoms. The normalized spacial score (nSPS) is 17.5. The lowest BCUT2D eigenvalue weighted by atomic mass is 10.0. The zero-order valence-electron chi connectivity index (χ0n) is 12.1. The van der Waals surface area contributed by atoms with Crippen molar-refractivity contribution in [3.8, 4) is 11.8 Å². The number of benzene rings is 1. The fraction of sp³-hybridized carbons (Fsp3) is 0.556. The van der Waals surface area contributed by atoms with Gasteiger partial charge in [0.15, 0.2) is 0 Å². The Kier molecular flexibility index (Phi) is 5.98. The molecule has 1 aliphatic heterocycles. The molecule has 0 spiro atoms. The van der Waals surface area contributed by atoms with Gasteiger partial charge in [0, 0.05) is 6.42 Å². The molecule has 1 nitrogen and oxygen atoms in total. The van der Waals surface area contributed by atoms with E-state index in [1.165, 1.54) is 50.8 Å². The monoisotopic (exact) mass is 255 g/mol. The standard InChI is InChI=1S/C18H25N/c1-2-3-4-9-14-18(17-12-7-5-8-13-17)19-15-10-6-11-16-19/h5,7-8,12-13,18H,2-4,6,10-11,15-16H2,1H3. The van der Waals surface area contributed by atoms with E-state index in [1.54, 1.807) is 0 Å². The van der Waals surface area contributed by atoms with E-state index in [0.29, 0.717) is 6.04 Å². The first-order chi connectivity index (χ1) is 9.42. The zero-order chi connectivity index (χ0) is 13.3. The predicted molar refractivity (Wildman–Crippen MR) is 81.9 cm³/mol. The summed E-state index contributed by atoms with van der Waals surface area (Å²) in [5.74, 6) is 6.91. The number of unbranched alkanes of at least 4 members (excludes halogenated alkanes) is 2. The highest BCUT2D eigenvalue weighted by Crippen LogP contribution is 2.23. The van der Waals surface area contributed by atoms with Gasteiger partial charge in [0.2, 0.25) is 0 Å². The van der Waals surface area contributed by atoms with Crippen LogP contribution in [0.2, 0.25) is 0 Å². The van der Waals surface area contributed by atoms with Gasteiger partial charge in [-0.15, -0.1) is 5.92 Å². The minimum absolute atomic E-state index is 0.304. The Hall–Kier alpha value is -1.26. The van der Waals surface area contributed by atoms with Gasteiger partial charge in [-0.05, 0) is 37.9 Å². The van der Waals surface area contributed by atoms with Gasteiger partial charge in [-0.1, -0.05) is 56.0 Å². The Morgan fingerprint density at radius 2 is 1.84 bits per heavy atom. The summed E-state index contributed by atoms with van der Waals surface area (Å²) in [5.41, 5.74) is 1.35. The quantitative estimate of drug-likeness (QED) is 0.569. The van der Waals surface area contributed by atoms with E-state index in [2.05, 4.69) is 54.0 Å². The summed E-state index contributed by atoms with van der Waals surface area (Å²) in [7, 11) is 0. The van der Waals surface area contributed by atoms with Crippen LogP contribution in [0, 0.1) is 11.8 Å². The van der Waals surface area contributed by atoms with Gasteiger partial charge in [-0.25, -0.2) is 0 Å². The summed E-state index contributed by atoms with van der Waals surface area (Å²) in [4.78, 5) is 2.55. The topological polar surface area (TPSA) is 3.24 Å². The maximum absolute atomic E-state index is 3.52. The fourth-order valence-electron chi connectivity index (χ4n) is 2.63. The number of piperidine rings is 1. The van der Waals surface area contributed by atoms with E-state index < -0.39 is 0 Å². The maximum atomic E-state index is 3.52. The van der Waals surface area contributed by atoms with Crippen LogP contribution in [-0.2, 0) is 0 Å². The van der Waals surface area contributed by atoms with Gasteiger partial charge in [0.25, 0.3) is 0 Å². The first-order valence-electron chi connectivity index (χ1n) is 7.69. The molecule has 1 saturated heterocycles. The van der Waals surface area contributed by atoms with Crippen LogP contribution in [0.3, 0.4) is 0 Å². The summed E-state index contributed by atoms with van der Waals surface area (Å²) in [5, 5.41) is 0. The molecule has 1 heteroatoms. The average Bonchev–Trinajstić information content (AvgIpc) is 2.49. The van der Waals surface area contributed by atoms with Crippen LogP contribution in [0.5, 0.6) is 0 Å². The van der Waals surface area contributed by atoms with Crippen LogP contribution < -0.4 is 0 Å². The van der Waals surface area contributed by atoms with Crippen LogP contribution in [0.1, 0.15) is 57.1 Å². The van der Waals surface area contributed by atoms with Gasteiger partial charge < -0.3 is 0 Å². The summed E-state index contributed by atoms with van der Waals surface area (Å²) >= 11 is 0. The summed E-state index contributed by atoms with van der Waals surface area (Å²) in [6, 6.07) is 11.1. The lowest BCUT2D eigenvalue weighted by Crippen LogP contribution is -2.33. The Labute approximate surface area is 118 Å². The lowest BCUT2D eigenvalue weighted by molar-refractivity contribution is 0.197. The van der Waals surface area contributed by atoms with E-state index in [1.807, 2.05) is 0 Å². The Morgan fingerprint density at radius 3 is 2.53 bits per heavy atom. The molecule has 0 amide bonds. The molecule has 0 bridgehead atoms. The molecular weight excluding hydrogens is 230 g/mol. The minimum atomic E-state index is 0.304. The molecule has 0 aromatic heterocycles. The average molecular weight is 255 g/mol. The van der Waals surface area contributed by atoms with Crippen molar-refractivity contribution in [1.29, 1.82) is 0 Å². The van der Waals surface area contributed by atoms with Gasteiger partial charge in [0.05, 0.1) is 6.04 Å². The molecule has 1 fully saturated rings. The number of nitrogens with zero attached hydrogens (tertiary/aromatic N) is 1. The van der Waals surface area contributed by atoms with Crippen molar-refractivity contribution in [2.75, 3.05) is 13.1 Å². The zero-order valence-corrected chi connectivity index (χ0v) is 12.1. The molecule has 1 atom stereocenters. The molecule has 0 aliphatic carbocycles. The van der Waals surface area contributed by atoms with Crippen molar-refractivity contribution < 1.29 is 0 Å². The number of rotatable bonds is 4. The third-order valence-electron chi connectivity index (χ3n) is 3.77. The van der Waals surface area contributed by atoms with Crippen molar-refractivity contribution in [3.05, 3.63) is 35.9 Å². The molecule has 102 valence electrons. The predicted octanol–water partition coefficient (Wildman–Crippen LogP) is 4.41. The first kappa shape index (κ1) is 14.2. The number of likely N-dealkylation sites (tertiary alicyclic amines) is 1. The van der Waals surface area contributed by atoms with Crippen molar-refractivity contribution >= 4 is 0 Å². The van der Waals surface area contributed by atoms with Crippen molar-refractivity contribution in [2.24, 2.45) is 0 Å². The minimum Gasteiger partial charge on any atom is -0.286 e. The Balaban J connectivity index is 2.09. The van der Waals surface area contributed by atoms with Crippen molar-refractivity contribution in [2.45, 2.75) is 51.5 Å². The van der Waals surface area contributed by atoms with Crippen LogP contribution in [0.15, 0.2) is 30.3 Å². The van der Waals surface area contributed by atoms with Gasteiger partial charge in [-0.2, -0.15) is 0 Å². The highest BCUT2D eigenvalue weighted by molar-refractivity contribution is 5.27. The molecule has 0 saturated carbocycles. The van der Waals surface area contributed by atoms with E-state index in [0.717, 1.165) is 6.42 Å². The van der Waals surface area contributed by atoms with Crippen molar-refractivity contribution in [3.63, 3.8) is 0 Å². The van der Waals surface area contributed by atoms with Crippen LogP contribution >= 0.6 is 0 Å². The van der Waals surface area contributed by atoms with E-state index in [-0.39, 0.29) is 0 Å². The van der Waals surface area contributed by atoms with E-state index >= 15 is 0 Å². The van der Waals surface area contributed by atoms with Crippen LogP contribution in [0.4, 0.5) is 0 Å². The molecule has 0 radical (unpaired) electrons. The smallest absolute Gasteiger partial charge is 0.0970 e. The van der Waals surface area contributed by atoms with E-state index in [4.69, 9.17) is 0 Å². The Bertz CT molecular complexity index is 406. The molecule has 2 rings (SSSR count). The second-order valence-corrected chi connectivity index (χ2v) is 5.33. The summed E-state index contributed by atoms with van der Waals surface area (Å²) in [6.07, 6.45) is 7.50. The summed E-state index contributed by atoms with van der Waals surface area (Å²) < 4.78 is 0. The number of hydrogen-bond donors (Lipinski definition) is 0. The third-order valence-corrected chi connectivity index (χ3v) is 3.77. The van der Waals surface area contributed by atoms with Gasteiger partial charge in [0.1, 0.15) is 0 Å². The first-order valence-corrected chi connectivity index (χ1v) is 7.69. The van der Waals surface area contributed by atoms with Gasteiger partial charge in [-0.3, -0.25) is 4.90 Å². The molecule has 1 unspecified atom stereocenters. The molecule has 1 heterocycles. The summed E-state index contributed by atoms with van der Waals surface area (Å²) in [6.45, 7) is 4.62. The highest BCUT2D eigenvalue weighted by Gasteiger charge is 2.19. The largest absolute Gasteiger partial charge is 0.286 e. The second-order valence-electron chi connectivity index (χ2n) is 5.33. The fourth-order valence-corrected chi connectivity index (χ4v) is 2.63. The lowest BCUT2D eigenvalue weighted by Gasteiger charge is -2.31. The molecule has 0 N–H and O–H groups in total. The molecule has 1 aliphatic rings. The van der Waals surface area contributed by atoms with Gasteiger partial charge >= 0.3 is 0 Å². The third kappa shape index (κ3) is 4.40. The Morgan fingerprint density at radius 1 is 1.11 bits per heavy atom. The van der Waals surface area contributed by atoms with Crippen LogP contribution in [0.25, 0.3) is 0 Å². The van der Waals surface area contributed by atoms with Crippen molar-refractivity contribution in [1.82, 2.24) is 4.90 Å². The number of hydrogen-bond acceptors (Lipinski definition) is 1. The molecule has 1 aromatic carbocycles. The molecular formula is C18H25N.